The van der Waals surface area contributed by atoms with E-state index in [1.807, 2.05) is 60.7 Å². The van der Waals surface area contributed by atoms with E-state index in [1.54, 1.807) is 43.1 Å². The molecular formula is C32H25FN4O3. The number of carbonyl (C=O) groups is 2. The van der Waals surface area contributed by atoms with Crippen LogP contribution in [-0.2, 0) is 16.0 Å². The van der Waals surface area contributed by atoms with Crippen LogP contribution in [0.1, 0.15) is 18.1 Å². The molecule has 0 fully saturated rings. The average molecular weight is 533 g/mol. The van der Waals surface area contributed by atoms with E-state index in [9.17, 15) is 19.2 Å². The van der Waals surface area contributed by atoms with Crippen LogP contribution in [0.25, 0.3) is 23.0 Å². The van der Waals surface area contributed by atoms with Gasteiger partial charge in [0.2, 0.25) is 0 Å². The molecular weight excluding hydrogens is 507 g/mol. The van der Waals surface area contributed by atoms with Gasteiger partial charge in [0.05, 0.1) is 18.5 Å². The molecule has 7 nitrogen and oxygen atoms in total. The predicted octanol–water partition coefficient (Wildman–Crippen LogP) is 5.52. The molecule has 0 atom stereocenters. The van der Waals surface area contributed by atoms with Crippen LogP contribution >= 0.6 is 0 Å². The number of rotatable bonds is 7. The number of hydrogen-bond donors (Lipinski definition) is 0. The second-order valence-corrected chi connectivity index (χ2v) is 9.25. The fourth-order valence-corrected chi connectivity index (χ4v) is 4.56. The second kappa shape index (κ2) is 11.2. The molecule has 40 heavy (non-hydrogen) atoms. The van der Waals surface area contributed by atoms with Crippen LogP contribution in [-0.4, -0.2) is 40.1 Å². The van der Waals surface area contributed by atoms with Gasteiger partial charge in [0, 0.05) is 29.4 Å². The Balaban J connectivity index is 1.56. The molecule has 0 N–H and O–H groups in total. The van der Waals surface area contributed by atoms with Crippen LogP contribution < -0.4 is 4.74 Å². The summed E-state index contributed by atoms with van der Waals surface area (Å²) in [5.74, 6) is -0.781. The number of carbonyl (C=O) groups excluding carboxylic acids is 2. The molecule has 5 rings (SSSR count). The van der Waals surface area contributed by atoms with Gasteiger partial charge in [-0.05, 0) is 79.1 Å². The zero-order chi connectivity index (χ0) is 28.2. The maximum atomic E-state index is 13.7. The summed E-state index contributed by atoms with van der Waals surface area (Å²) in [6, 6.07) is 24.7. The topological polar surface area (TPSA) is 88.2 Å². The number of amides is 2. The maximum Gasteiger partial charge on any atom is 0.271 e. The Hall–Kier alpha value is -5.29. The van der Waals surface area contributed by atoms with Gasteiger partial charge in [-0.2, -0.15) is 10.4 Å². The smallest absolute Gasteiger partial charge is 0.271 e. The van der Waals surface area contributed by atoms with E-state index in [0.717, 1.165) is 16.2 Å². The third-order valence-electron chi connectivity index (χ3n) is 6.79. The maximum absolute atomic E-state index is 13.7. The lowest BCUT2D eigenvalue weighted by molar-refractivity contribution is -0.140. The first kappa shape index (κ1) is 26.3. The molecule has 1 aliphatic heterocycles. The molecule has 1 aliphatic rings. The quantitative estimate of drug-likeness (QED) is 0.231. The van der Waals surface area contributed by atoms with Gasteiger partial charge >= 0.3 is 0 Å². The Kier molecular flexibility index (Phi) is 7.38. The summed E-state index contributed by atoms with van der Waals surface area (Å²) in [7, 11) is 1.58. The van der Waals surface area contributed by atoms with Gasteiger partial charge in [0.1, 0.15) is 23.2 Å². The van der Waals surface area contributed by atoms with Crippen LogP contribution in [0, 0.1) is 17.1 Å². The summed E-state index contributed by atoms with van der Waals surface area (Å²) in [5, 5.41) is 14.5. The number of imide groups is 1. The molecule has 0 aliphatic carbocycles. The van der Waals surface area contributed by atoms with Gasteiger partial charge in [-0.1, -0.05) is 30.3 Å². The van der Waals surface area contributed by atoms with Gasteiger partial charge in [0.25, 0.3) is 11.8 Å². The molecule has 0 spiro atoms. The van der Waals surface area contributed by atoms with Gasteiger partial charge in [-0.3, -0.25) is 14.5 Å². The van der Waals surface area contributed by atoms with Crippen molar-refractivity contribution in [3.05, 3.63) is 119 Å². The summed E-state index contributed by atoms with van der Waals surface area (Å²) in [6.07, 6.45) is 3.83. The summed E-state index contributed by atoms with van der Waals surface area (Å²) >= 11 is 0. The van der Waals surface area contributed by atoms with Crippen molar-refractivity contribution < 1.29 is 18.7 Å². The van der Waals surface area contributed by atoms with Crippen molar-refractivity contribution in [2.75, 3.05) is 13.7 Å². The molecule has 1 aromatic heterocycles. The van der Waals surface area contributed by atoms with Crippen molar-refractivity contribution in [1.82, 2.24) is 14.7 Å². The van der Waals surface area contributed by atoms with Crippen LogP contribution in [0.3, 0.4) is 0 Å². The highest BCUT2D eigenvalue weighted by Crippen LogP contribution is 2.31. The Bertz CT molecular complexity index is 1680. The fourth-order valence-electron chi connectivity index (χ4n) is 4.56. The molecule has 4 aromatic rings. The normalized spacial score (nSPS) is 14.6. The first-order valence-corrected chi connectivity index (χ1v) is 12.6. The van der Waals surface area contributed by atoms with Gasteiger partial charge < -0.3 is 4.74 Å². The van der Waals surface area contributed by atoms with E-state index >= 15 is 0 Å². The van der Waals surface area contributed by atoms with E-state index in [2.05, 4.69) is 0 Å². The van der Waals surface area contributed by atoms with E-state index in [4.69, 9.17) is 9.84 Å². The number of para-hydroxylation sites is 1. The number of halogens is 1. The number of methoxy groups -OCH3 is 1. The lowest BCUT2D eigenvalue weighted by Crippen LogP contribution is -2.43. The molecule has 2 amide bonds. The fraction of sp³-hybridized carbons (Fsp3) is 0.125. The summed E-state index contributed by atoms with van der Waals surface area (Å²) in [6.45, 7) is 1.70. The van der Waals surface area contributed by atoms with Crippen molar-refractivity contribution in [3.8, 4) is 28.8 Å². The molecule has 0 radical (unpaired) electrons. The van der Waals surface area contributed by atoms with Crippen molar-refractivity contribution in [1.29, 1.82) is 5.26 Å². The SMILES string of the molecule is COc1ccc(CCN2C(=O)C(C#N)=C(C)/C(=C\c3cn(-c4ccccc4)nc3-c3ccc(F)cc3)C2=O)cc1. The molecule has 0 saturated carbocycles. The highest BCUT2D eigenvalue weighted by atomic mass is 19.1. The van der Waals surface area contributed by atoms with Gasteiger partial charge in [-0.25, -0.2) is 9.07 Å². The molecule has 0 unspecified atom stereocenters. The zero-order valence-corrected chi connectivity index (χ0v) is 22.0. The van der Waals surface area contributed by atoms with Gasteiger partial charge in [0.15, 0.2) is 0 Å². The minimum Gasteiger partial charge on any atom is -0.497 e. The summed E-state index contributed by atoms with van der Waals surface area (Å²) in [5.41, 5.74) is 3.92. The van der Waals surface area contributed by atoms with Crippen molar-refractivity contribution in [2.45, 2.75) is 13.3 Å². The Morgan fingerprint density at radius 2 is 1.68 bits per heavy atom. The lowest BCUT2D eigenvalue weighted by atomic mass is 9.93. The first-order valence-electron chi connectivity index (χ1n) is 12.6. The number of nitrogens with zero attached hydrogens (tertiary/aromatic N) is 4. The van der Waals surface area contributed by atoms with Crippen molar-refractivity contribution >= 4 is 17.9 Å². The van der Waals surface area contributed by atoms with Crippen LogP contribution in [0.4, 0.5) is 4.39 Å². The molecule has 198 valence electrons. The highest BCUT2D eigenvalue weighted by molar-refractivity contribution is 6.19. The van der Waals surface area contributed by atoms with Crippen molar-refractivity contribution in [2.24, 2.45) is 0 Å². The van der Waals surface area contributed by atoms with E-state index in [1.165, 1.54) is 12.1 Å². The second-order valence-electron chi connectivity index (χ2n) is 9.25. The Morgan fingerprint density at radius 3 is 2.33 bits per heavy atom. The molecule has 0 saturated heterocycles. The molecule has 0 bridgehead atoms. The number of ether oxygens (including phenoxy) is 1. The largest absolute Gasteiger partial charge is 0.497 e. The zero-order valence-electron chi connectivity index (χ0n) is 22.0. The molecule has 2 heterocycles. The minimum absolute atomic E-state index is 0.0839. The third kappa shape index (κ3) is 5.18. The lowest BCUT2D eigenvalue weighted by Gasteiger charge is -2.27. The standard InChI is InChI=1S/C32H25FN4O3/c1-21-28(31(38)36(32(39)29(21)19-34)17-16-22-8-14-27(40-2)15-9-22)18-24-20-37(26-6-4-3-5-7-26)35-30(24)23-10-12-25(33)13-11-23/h3-15,18,20H,16-17H2,1-2H3/b28-18+. The summed E-state index contributed by atoms with van der Waals surface area (Å²) in [4.78, 5) is 27.9. The Labute approximate surface area is 231 Å². The molecule has 8 heteroatoms. The van der Waals surface area contributed by atoms with Crippen LogP contribution in [0.5, 0.6) is 5.75 Å². The third-order valence-corrected chi connectivity index (χ3v) is 6.79. The highest BCUT2D eigenvalue weighted by Gasteiger charge is 2.35. The van der Waals surface area contributed by atoms with Crippen LogP contribution in [0.2, 0.25) is 0 Å². The first-order chi connectivity index (χ1) is 19.4. The average Bonchev–Trinajstić information content (AvgIpc) is 3.40. The van der Waals surface area contributed by atoms with Crippen molar-refractivity contribution in [3.63, 3.8) is 0 Å². The number of nitriles is 1. The van der Waals surface area contributed by atoms with E-state index in [-0.39, 0.29) is 23.5 Å². The summed E-state index contributed by atoms with van der Waals surface area (Å²) < 4.78 is 20.5. The minimum atomic E-state index is -0.616. The Morgan fingerprint density at radius 1 is 0.975 bits per heavy atom. The van der Waals surface area contributed by atoms with Crippen LogP contribution in [0.15, 0.2) is 102 Å². The van der Waals surface area contributed by atoms with E-state index < -0.39 is 11.8 Å². The molecule has 3 aromatic carbocycles. The van der Waals surface area contributed by atoms with E-state index in [0.29, 0.717) is 34.6 Å². The van der Waals surface area contributed by atoms with Gasteiger partial charge in [-0.15, -0.1) is 0 Å². The predicted molar refractivity (Wildman–Crippen MR) is 149 cm³/mol. The number of benzene rings is 3. The monoisotopic (exact) mass is 532 g/mol. The number of aromatic nitrogens is 2. The number of hydrogen-bond acceptors (Lipinski definition) is 5.